The Morgan fingerprint density at radius 1 is 1.06 bits per heavy atom. The van der Waals surface area contributed by atoms with Crippen molar-refractivity contribution in [2.75, 3.05) is 24.9 Å². The second-order valence-electron chi connectivity index (χ2n) is 6.67. The summed E-state index contributed by atoms with van der Waals surface area (Å²) in [6.45, 7) is 3.01. The molecule has 8 nitrogen and oxygen atoms in total. The van der Waals surface area contributed by atoms with Crippen LogP contribution in [0.1, 0.15) is 0 Å². The maximum absolute atomic E-state index is 13.2. The number of carbonyl (C=O) groups excluding carboxylic acids is 1. The Bertz CT molecular complexity index is 1310. The van der Waals surface area contributed by atoms with Gasteiger partial charge in [0.15, 0.2) is 5.83 Å². The highest BCUT2D eigenvalue weighted by Crippen LogP contribution is 2.36. The SMILES string of the molecule is C=C(F)C(=O)Nc1cc2c(Nc3cc(-c4ccco4)ccc3OC)ncnc2cc1OC. The highest BCUT2D eigenvalue weighted by atomic mass is 19.1. The molecule has 9 heteroatoms. The van der Waals surface area contributed by atoms with Gasteiger partial charge >= 0.3 is 0 Å². The lowest BCUT2D eigenvalue weighted by molar-refractivity contribution is -0.114. The first-order valence-corrected chi connectivity index (χ1v) is 9.47. The zero-order valence-corrected chi connectivity index (χ0v) is 17.3. The third-order valence-corrected chi connectivity index (χ3v) is 4.71. The van der Waals surface area contributed by atoms with Crippen molar-refractivity contribution in [2.24, 2.45) is 0 Å². The number of amides is 1. The summed E-state index contributed by atoms with van der Waals surface area (Å²) in [6, 6.07) is 12.4. The molecular formula is C23H19FN4O4. The number of hydrogen-bond acceptors (Lipinski definition) is 7. The van der Waals surface area contributed by atoms with Gasteiger partial charge in [-0.15, -0.1) is 0 Å². The number of anilines is 3. The van der Waals surface area contributed by atoms with Crippen LogP contribution < -0.4 is 20.1 Å². The predicted molar refractivity (Wildman–Crippen MR) is 119 cm³/mol. The minimum Gasteiger partial charge on any atom is -0.495 e. The molecule has 0 aliphatic heterocycles. The number of benzene rings is 2. The molecule has 0 atom stereocenters. The third-order valence-electron chi connectivity index (χ3n) is 4.71. The first-order chi connectivity index (χ1) is 15.5. The highest BCUT2D eigenvalue weighted by molar-refractivity contribution is 6.05. The normalized spacial score (nSPS) is 10.6. The average Bonchev–Trinajstić information content (AvgIpc) is 3.34. The number of nitrogens with zero attached hydrogens (tertiary/aromatic N) is 2. The van der Waals surface area contributed by atoms with Gasteiger partial charge in [0.05, 0.1) is 37.4 Å². The molecule has 32 heavy (non-hydrogen) atoms. The van der Waals surface area contributed by atoms with Crippen molar-refractivity contribution in [3.05, 3.63) is 67.5 Å². The summed E-state index contributed by atoms with van der Waals surface area (Å²) >= 11 is 0. The standard InChI is InChI=1S/C23H19FN4O4/c1-13(24)23(29)28-18-10-15-16(11-21(18)31-3)25-12-26-22(15)27-17-9-14(6-7-20(17)30-2)19-5-4-8-32-19/h4-12H,1H2,2-3H3,(H,28,29)(H,25,26,27). The first-order valence-electron chi connectivity index (χ1n) is 9.47. The van der Waals surface area contributed by atoms with E-state index in [2.05, 4.69) is 27.2 Å². The Labute approximate surface area is 182 Å². The van der Waals surface area contributed by atoms with Gasteiger partial charge in [0.1, 0.15) is 29.4 Å². The molecule has 1 amide bonds. The predicted octanol–water partition coefficient (Wildman–Crippen LogP) is 5.07. The fourth-order valence-corrected chi connectivity index (χ4v) is 3.17. The number of furan rings is 1. The summed E-state index contributed by atoms with van der Waals surface area (Å²) in [6.07, 6.45) is 2.99. The van der Waals surface area contributed by atoms with Crippen LogP contribution in [-0.2, 0) is 4.79 Å². The van der Waals surface area contributed by atoms with Crippen molar-refractivity contribution >= 4 is 34.0 Å². The molecule has 2 aromatic heterocycles. The molecule has 0 unspecified atom stereocenters. The quantitative estimate of drug-likeness (QED) is 0.392. The van der Waals surface area contributed by atoms with E-state index in [0.717, 1.165) is 5.56 Å². The molecule has 4 rings (SSSR count). The maximum atomic E-state index is 13.2. The van der Waals surface area contributed by atoms with Gasteiger partial charge in [0, 0.05) is 17.0 Å². The lowest BCUT2D eigenvalue weighted by atomic mass is 10.1. The summed E-state index contributed by atoms with van der Waals surface area (Å²) in [5, 5.41) is 6.25. The van der Waals surface area contributed by atoms with E-state index in [-0.39, 0.29) is 5.69 Å². The summed E-state index contributed by atoms with van der Waals surface area (Å²) in [5.74, 6) is -0.0420. The number of hydrogen-bond donors (Lipinski definition) is 2. The molecule has 0 aliphatic carbocycles. The van der Waals surface area contributed by atoms with Crippen LogP contribution in [0.15, 0.2) is 71.9 Å². The van der Waals surface area contributed by atoms with Gasteiger partial charge in [-0.25, -0.2) is 14.4 Å². The highest BCUT2D eigenvalue weighted by Gasteiger charge is 2.16. The van der Waals surface area contributed by atoms with Gasteiger partial charge in [-0.05, 0) is 36.4 Å². The number of rotatable bonds is 7. The fourth-order valence-electron chi connectivity index (χ4n) is 3.17. The number of aromatic nitrogens is 2. The van der Waals surface area contributed by atoms with Gasteiger partial charge in [0.2, 0.25) is 0 Å². The van der Waals surface area contributed by atoms with Gasteiger partial charge < -0.3 is 24.5 Å². The van der Waals surface area contributed by atoms with Crippen LogP contribution in [0, 0.1) is 0 Å². The molecule has 2 N–H and O–H groups in total. The van der Waals surface area contributed by atoms with E-state index in [4.69, 9.17) is 13.9 Å². The number of methoxy groups -OCH3 is 2. The molecule has 0 saturated carbocycles. The molecule has 4 aromatic rings. The van der Waals surface area contributed by atoms with Crippen LogP contribution in [0.2, 0.25) is 0 Å². The molecule has 2 heterocycles. The third kappa shape index (κ3) is 4.08. The fraction of sp³-hybridized carbons (Fsp3) is 0.0870. The number of fused-ring (bicyclic) bond motifs is 1. The molecule has 0 bridgehead atoms. The Balaban J connectivity index is 1.79. The van der Waals surface area contributed by atoms with E-state index in [1.54, 1.807) is 31.6 Å². The largest absolute Gasteiger partial charge is 0.495 e. The zero-order valence-electron chi connectivity index (χ0n) is 17.3. The van der Waals surface area contributed by atoms with Gasteiger partial charge in [-0.1, -0.05) is 6.58 Å². The van der Waals surface area contributed by atoms with Crippen LogP contribution in [0.4, 0.5) is 21.6 Å². The summed E-state index contributed by atoms with van der Waals surface area (Å²) in [5.41, 5.74) is 2.28. The smallest absolute Gasteiger partial charge is 0.283 e. The topological polar surface area (TPSA) is 98.5 Å². The molecule has 2 aromatic carbocycles. The molecule has 0 aliphatic rings. The Kier molecular flexibility index (Phi) is 5.71. The van der Waals surface area contributed by atoms with Gasteiger partial charge in [0.25, 0.3) is 5.91 Å². The van der Waals surface area contributed by atoms with Crippen molar-refractivity contribution in [1.29, 1.82) is 0 Å². The number of nitrogens with one attached hydrogen (secondary N) is 2. The molecular weight excluding hydrogens is 415 g/mol. The molecule has 162 valence electrons. The number of carbonyl (C=O) groups is 1. The van der Waals surface area contributed by atoms with E-state index in [1.165, 1.54) is 13.4 Å². The van der Waals surface area contributed by atoms with Gasteiger partial charge in [-0.2, -0.15) is 0 Å². The number of halogens is 1. The minimum absolute atomic E-state index is 0.248. The van der Waals surface area contributed by atoms with E-state index < -0.39 is 11.7 Å². The van der Waals surface area contributed by atoms with Crippen molar-refractivity contribution in [1.82, 2.24) is 9.97 Å². The van der Waals surface area contributed by atoms with E-state index in [1.807, 2.05) is 24.3 Å². The second-order valence-corrected chi connectivity index (χ2v) is 6.67. The van der Waals surface area contributed by atoms with Crippen LogP contribution in [-0.4, -0.2) is 30.1 Å². The van der Waals surface area contributed by atoms with E-state index >= 15 is 0 Å². The summed E-state index contributed by atoms with van der Waals surface area (Å²) < 4.78 is 29.5. The second kappa shape index (κ2) is 8.76. The maximum Gasteiger partial charge on any atom is 0.283 e. The zero-order chi connectivity index (χ0) is 22.7. The van der Waals surface area contributed by atoms with E-state index in [0.29, 0.717) is 39.7 Å². The molecule has 0 fully saturated rings. The Morgan fingerprint density at radius 2 is 1.88 bits per heavy atom. The van der Waals surface area contributed by atoms with Crippen molar-refractivity contribution < 1.29 is 23.1 Å². The van der Waals surface area contributed by atoms with Crippen LogP contribution in [0.3, 0.4) is 0 Å². The lowest BCUT2D eigenvalue weighted by Crippen LogP contribution is -2.12. The van der Waals surface area contributed by atoms with Crippen molar-refractivity contribution in [3.63, 3.8) is 0 Å². The lowest BCUT2D eigenvalue weighted by Gasteiger charge is -2.15. The van der Waals surface area contributed by atoms with Crippen molar-refractivity contribution in [2.45, 2.75) is 0 Å². The van der Waals surface area contributed by atoms with Crippen LogP contribution in [0.5, 0.6) is 11.5 Å². The summed E-state index contributed by atoms with van der Waals surface area (Å²) in [4.78, 5) is 20.4. The van der Waals surface area contributed by atoms with Crippen molar-refractivity contribution in [3.8, 4) is 22.8 Å². The van der Waals surface area contributed by atoms with Crippen LogP contribution in [0.25, 0.3) is 22.2 Å². The first kappa shape index (κ1) is 20.9. The number of ether oxygens (including phenoxy) is 2. The average molecular weight is 434 g/mol. The molecule has 0 spiro atoms. The van der Waals surface area contributed by atoms with E-state index in [9.17, 15) is 9.18 Å². The molecule has 0 saturated heterocycles. The minimum atomic E-state index is -1.12. The Hall–Kier alpha value is -4.40. The Morgan fingerprint density at radius 3 is 2.56 bits per heavy atom. The monoisotopic (exact) mass is 434 g/mol. The molecule has 0 radical (unpaired) electrons. The van der Waals surface area contributed by atoms with Gasteiger partial charge in [-0.3, -0.25) is 4.79 Å². The summed E-state index contributed by atoms with van der Waals surface area (Å²) in [7, 11) is 3.00. The van der Waals surface area contributed by atoms with Crippen LogP contribution >= 0.6 is 0 Å².